The minimum absolute atomic E-state index is 0.160. The summed E-state index contributed by atoms with van der Waals surface area (Å²) in [5.41, 5.74) is 12.7. The maximum atomic E-state index is 9.41. The van der Waals surface area contributed by atoms with Crippen molar-refractivity contribution in [1.29, 1.82) is 5.26 Å². The fourth-order valence-electron chi connectivity index (χ4n) is 3.39. The molecule has 0 spiro atoms. The van der Waals surface area contributed by atoms with Crippen molar-refractivity contribution in [3.63, 3.8) is 0 Å². The van der Waals surface area contributed by atoms with Crippen LogP contribution >= 0.6 is 0 Å². The van der Waals surface area contributed by atoms with Gasteiger partial charge in [0, 0.05) is 19.1 Å². The first-order valence-corrected chi connectivity index (χ1v) is 7.49. The van der Waals surface area contributed by atoms with Gasteiger partial charge in [-0.2, -0.15) is 10.4 Å². The Labute approximate surface area is 119 Å². The Bertz CT molecular complexity index is 523. The van der Waals surface area contributed by atoms with Gasteiger partial charge in [-0.25, -0.2) is 4.68 Å². The highest BCUT2D eigenvalue weighted by Crippen LogP contribution is 2.35. The zero-order valence-corrected chi connectivity index (χ0v) is 11.8. The lowest BCUT2D eigenvalue weighted by Crippen LogP contribution is -2.43. The highest BCUT2D eigenvalue weighted by atomic mass is 15.4. The van der Waals surface area contributed by atoms with Crippen LogP contribution in [0.5, 0.6) is 0 Å². The molecule has 2 heterocycles. The molecule has 20 heavy (non-hydrogen) atoms. The molecule has 0 aromatic carbocycles. The van der Waals surface area contributed by atoms with Crippen LogP contribution in [-0.2, 0) is 0 Å². The van der Waals surface area contributed by atoms with E-state index >= 15 is 0 Å². The number of nitrogens with zero attached hydrogens (tertiary/aromatic N) is 4. The summed E-state index contributed by atoms with van der Waals surface area (Å²) in [6.07, 6.45) is 6.73. The highest BCUT2D eigenvalue weighted by molar-refractivity contribution is 5.65. The summed E-state index contributed by atoms with van der Waals surface area (Å²) in [7, 11) is 0. The SMILES string of the molecule is N#Cc1c(N2CCCC(N)C2)nn(C2CCCC2)c1N. The number of nitrogens with two attached hydrogens (primary N) is 2. The molecule has 1 aromatic rings. The van der Waals surface area contributed by atoms with E-state index in [1.807, 2.05) is 4.68 Å². The van der Waals surface area contributed by atoms with Crippen molar-refractivity contribution in [2.75, 3.05) is 23.7 Å². The molecule has 6 nitrogen and oxygen atoms in total. The van der Waals surface area contributed by atoms with Crippen LogP contribution in [0.4, 0.5) is 11.6 Å². The van der Waals surface area contributed by atoms with E-state index in [1.165, 1.54) is 12.8 Å². The van der Waals surface area contributed by atoms with Crippen LogP contribution in [0.15, 0.2) is 0 Å². The molecule has 1 atom stereocenters. The minimum atomic E-state index is 0.160. The molecule has 1 unspecified atom stereocenters. The van der Waals surface area contributed by atoms with Crippen molar-refractivity contribution < 1.29 is 0 Å². The molecule has 0 radical (unpaired) electrons. The van der Waals surface area contributed by atoms with Gasteiger partial charge in [0.15, 0.2) is 5.82 Å². The summed E-state index contributed by atoms with van der Waals surface area (Å²) in [5.74, 6) is 1.25. The second-order valence-electron chi connectivity index (χ2n) is 5.93. The smallest absolute Gasteiger partial charge is 0.170 e. The maximum Gasteiger partial charge on any atom is 0.170 e. The van der Waals surface area contributed by atoms with Gasteiger partial charge in [0.25, 0.3) is 0 Å². The summed E-state index contributed by atoms with van der Waals surface area (Å²) in [6, 6.07) is 2.75. The Hall–Kier alpha value is -1.74. The van der Waals surface area contributed by atoms with E-state index in [9.17, 15) is 5.26 Å². The molecule has 3 rings (SSSR count). The normalized spacial score (nSPS) is 24.0. The molecular weight excluding hydrogens is 252 g/mol. The third-order valence-corrected chi connectivity index (χ3v) is 4.47. The molecule has 4 N–H and O–H groups in total. The Morgan fingerprint density at radius 1 is 1.20 bits per heavy atom. The van der Waals surface area contributed by atoms with Crippen molar-refractivity contribution in [2.24, 2.45) is 5.73 Å². The zero-order valence-electron chi connectivity index (χ0n) is 11.8. The van der Waals surface area contributed by atoms with Crippen LogP contribution in [0.1, 0.15) is 50.1 Å². The molecule has 108 valence electrons. The van der Waals surface area contributed by atoms with Gasteiger partial charge in [0.2, 0.25) is 0 Å². The molecule has 0 bridgehead atoms. The lowest BCUT2D eigenvalue weighted by atomic mass is 10.1. The number of rotatable bonds is 2. The Morgan fingerprint density at radius 2 is 1.95 bits per heavy atom. The first-order chi connectivity index (χ1) is 9.70. The quantitative estimate of drug-likeness (QED) is 0.849. The van der Waals surface area contributed by atoms with E-state index in [2.05, 4.69) is 16.1 Å². The van der Waals surface area contributed by atoms with Crippen molar-refractivity contribution in [2.45, 2.75) is 50.6 Å². The number of anilines is 2. The van der Waals surface area contributed by atoms with Gasteiger partial charge in [-0.05, 0) is 25.7 Å². The van der Waals surface area contributed by atoms with Crippen LogP contribution in [0.3, 0.4) is 0 Å². The minimum Gasteiger partial charge on any atom is -0.383 e. The standard InChI is InChI=1S/C14H22N6/c15-8-12-13(17)20(11-5-1-2-6-11)18-14(12)19-7-3-4-10(16)9-19/h10-11H,1-7,9,16-17H2. The first kappa shape index (κ1) is 13.3. The fourth-order valence-corrected chi connectivity index (χ4v) is 3.39. The summed E-state index contributed by atoms with van der Waals surface area (Å²) >= 11 is 0. The molecule has 1 aliphatic carbocycles. The first-order valence-electron chi connectivity index (χ1n) is 7.49. The number of nitrogen functional groups attached to an aromatic ring is 1. The molecule has 6 heteroatoms. The van der Waals surface area contributed by atoms with E-state index in [1.54, 1.807) is 0 Å². The Kier molecular flexibility index (Phi) is 3.53. The summed E-state index contributed by atoms with van der Waals surface area (Å²) in [5, 5.41) is 14.1. The molecule has 1 saturated heterocycles. The molecule has 1 aliphatic heterocycles. The second-order valence-corrected chi connectivity index (χ2v) is 5.93. The van der Waals surface area contributed by atoms with E-state index in [-0.39, 0.29) is 6.04 Å². The molecule has 0 amide bonds. The summed E-state index contributed by atoms with van der Waals surface area (Å²) in [6.45, 7) is 1.67. The third-order valence-electron chi connectivity index (χ3n) is 4.47. The molecule has 2 fully saturated rings. The van der Waals surface area contributed by atoms with E-state index in [0.717, 1.165) is 44.6 Å². The van der Waals surface area contributed by atoms with E-state index in [0.29, 0.717) is 17.4 Å². The zero-order chi connectivity index (χ0) is 14.1. The lowest BCUT2D eigenvalue weighted by Gasteiger charge is -2.30. The average molecular weight is 274 g/mol. The summed E-state index contributed by atoms with van der Waals surface area (Å²) < 4.78 is 1.88. The average Bonchev–Trinajstić information content (AvgIpc) is 3.06. The number of hydrogen-bond donors (Lipinski definition) is 2. The number of nitriles is 1. The Morgan fingerprint density at radius 3 is 2.60 bits per heavy atom. The number of aromatic nitrogens is 2. The van der Waals surface area contributed by atoms with E-state index < -0.39 is 0 Å². The predicted molar refractivity (Wildman–Crippen MR) is 78.3 cm³/mol. The lowest BCUT2D eigenvalue weighted by molar-refractivity contribution is 0.465. The van der Waals surface area contributed by atoms with Crippen LogP contribution in [0, 0.1) is 11.3 Å². The van der Waals surface area contributed by atoms with Crippen LogP contribution in [0.2, 0.25) is 0 Å². The highest BCUT2D eigenvalue weighted by Gasteiger charge is 2.28. The number of piperidine rings is 1. The van der Waals surface area contributed by atoms with Gasteiger partial charge in [-0.1, -0.05) is 12.8 Å². The van der Waals surface area contributed by atoms with Gasteiger partial charge in [0.05, 0.1) is 6.04 Å². The third kappa shape index (κ3) is 2.22. The molecule has 1 aromatic heterocycles. The monoisotopic (exact) mass is 274 g/mol. The van der Waals surface area contributed by atoms with Crippen LogP contribution in [-0.4, -0.2) is 28.9 Å². The van der Waals surface area contributed by atoms with Gasteiger partial charge in [0.1, 0.15) is 17.5 Å². The van der Waals surface area contributed by atoms with Gasteiger partial charge < -0.3 is 16.4 Å². The molecule has 1 saturated carbocycles. The number of hydrogen-bond acceptors (Lipinski definition) is 5. The van der Waals surface area contributed by atoms with Gasteiger partial charge in [-0.15, -0.1) is 0 Å². The van der Waals surface area contributed by atoms with Crippen LogP contribution < -0.4 is 16.4 Å². The summed E-state index contributed by atoms with van der Waals surface area (Å²) in [4.78, 5) is 2.12. The predicted octanol–water partition coefficient (Wildman–Crippen LogP) is 1.38. The molecule has 2 aliphatic rings. The van der Waals surface area contributed by atoms with E-state index in [4.69, 9.17) is 11.5 Å². The van der Waals surface area contributed by atoms with Crippen molar-refractivity contribution in [3.8, 4) is 6.07 Å². The van der Waals surface area contributed by atoms with Gasteiger partial charge >= 0.3 is 0 Å². The maximum absolute atomic E-state index is 9.41. The second kappa shape index (κ2) is 5.33. The molecular formula is C14H22N6. The topological polar surface area (TPSA) is 96.9 Å². The van der Waals surface area contributed by atoms with Crippen molar-refractivity contribution in [1.82, 2.24) is 9.78 Å². The van der Waals surface area contributed by atoms with Crippen molar-refractivity contribution in [3.05, 3.63) is 5.56 Å². The van der Waals surface area contributed by atoms with Crippen molar-refractivity contribution >= 4 is 11.6 Å². The van der Waals surface area contributed by atoms with Crippen LogP contribution in [0.25, 0.3) is 0 Å². The van der Waals surface area contributed by atoms with Gasteiger partial charge in [-0.3, -0.25) is 0 Å². The fraction of sp³-hybridized carbons (Fsp3) is 0.714. The Balaban J connectivity index is 1.93. The largest absolute Gasteiger partial charge is 0.383 e.